The third-order valence-corrected chi connectivity index (χ3v) is 12.2. The number of furan rings is 1. The van der Waals surface area contributed by atoms with E-state index in [4.69, 9.17) is 9.15 Å². The molecule has 250 valence electrons. The van der Waals surface area contributed by atoms with Crippen molar-refractivity contribution in [1.82, 2.24) is 5.32 Å². The van der Waals surface area contributed by atoms with Crippen molar-refractivity contribution in [3.63, 3.8) is 0 Å². The highest BCUT2D eigenvalue weighted by Gasteiger charge is 2.31. The number of esters is 1. The van der Waals surface area contributed by atoms with Gasteiger partial charge in [-0.25, -0.2) is 13.2 Å². The molecule has 1 fully saturated rings. The first-order valence-electron chi connectivity index (χ1n) is 15.8. The fourth-order valence-electron chi connectivity index (χ4n) is 6.04. The normalized spacial score (nSPS) is 13.9. The summed E-state index contributed by atoms with van der Waals surface area (Å²) in [6.45, 7) is 5.15. The zero-order valence-electron chi connectivity index (χ0n) is 26.6. The number of benzene rings is 3. The number of rotatable bonds is 11. The molecule has 1 aliphatic heterocycles. The lowest BCUT2D eigenvalue weighted by Gasteiger charge is -2.37. The van der Waals surface area contributed by atoms with E-state index in [0.29, 0.717) is 46.6 Å². The molecule has 2 aromatic heterocycles. The minimum absolute atomic E-state index is 0.0113. The van der Waals surface area contributed by atoms with Crippen LogP contribution in [-0.2, 0) is 21.2 Å². The van der Waals surface area contributed by atoms with E-state index in [1.165, 1.54) is 21.7 Å². The minimum atomic E-state index is -4.08. The highest BCUT2D eigenvalue weighted by molar-refractivity contribution is 9.10. The summed E-state index contributed by atoms with van der Waals surface area (Å²) >= 11 is 4.85. The molecule has 0 radical (unpaired) electrons. The minimum Gasteiger partial charge on any atom is -0.460 e. The van der Waals surface area contributed by atoms with Crippen molar-refractivity contribution in [3.8, 4) is 0 Å². The van der Waals surface area contributed by atoms with Crippen molar-refractivity contribution >= 4 is 71.5 Å². The summed E-state index contributed by atoms with van der Waals surface area (Å²) < 4.78 is 42.5. The van der Waals surface area contributed by atoms with Crippen LogP contribution < -0.4 is 14.5 Å². The van der Waals surface area contributed by atoms with Gasteiger partial charge in [0, 0.05) is 41.1 Å². The van der Waals surface area contributed by atoms with E-state index in [-0.39, 0.29) is 35.8 Å². The van der Waals surface area contributed by atoms with Gasteiger partial charge in [-0.2, -0.15) is 0 Å². The Morgan fingerprint density at radius 1 is 1.04 bits per heavy atom. The van der Waals surface area contributed by atoms with Crippen LogP contribution in [0, 0.1) is 6.92 Å². The van der Waals surface area contributed by atoms with Crippen LogP contribution in [0.3, 0.4) is 0 Å². The number of nitrogens with zero attached hydrogens (tertiary/aromatic N) is 2. The van der Waals surface area contributed by atoms with Crippen molar-refractivity contribution in [1.29, 1.82) is 0 Å². The third kappa shape index (κ3) is 7.01. The summed E-state index contributed by atoms with van der Waals surface area (Å²) in [4.78, 5) is 28.3. The number of anilines is 2. The Hall–Kier alpha value is -4.13. The highest BCUT2D eigenvalue weighted by Crippen LogP contribution is 2.37. The molecule has 9 nitrogen and oxygen atoms in total. The van der Waals surface area contributed by atoms with Crippen molar-refractivity contribution < 1.29 is 27.2 Å². The van der Waals surface area contributed by atoms with Gasteiger partial charge < -0.3 is 19.4 Å². The molecule has 12 heteroatoms. The van der Waals surface area contributed by atoms with E-state index >= 15 is 0 Å². The first-order chi connectivity index (χ1) is 23.2. The maximum absolute atomic E-state index is 14.6. The maximum Gasteiger partial charge on any atom is 0.374 e. The Labute approximate surface area is 292 Å². The fraction of sp³-hybridized carbons (Fsp3) is 0.278. The molecule has 1 saturated heterocycles. The predicted octanol–water partition coefficient (Wildman–Crippen LogP) is 7.58. The third-order valence-electron chi connectivity index (χ3n) is 8.55. The molecule has 6 rings (SSSR count). The van der Waals surface area contributed by atoms with Gasteiger partial charge in [0.1, 0.15) is 10.5 Å². The van der Waals surface area contributed by atoms with Gasteiger partial charge in [0.05, 0.1) is 22.9 Å². The number of aryl methyl sites for hydroxylation is 1. The number of halogens is 1. The van der Waals surface area contributed by atoms with E-state index in [0.717, 1.165) is 28.6 Å². The number of amides is 1. The molecule has 1 N–H and O–H groups in total. The summed E-state index contributed by atoms with van der Waals surface area (Å²) in [5.74, 6) is -0.611. The SMILES string of the molecule is CCOC(=O)c1oc2ccc(S(=O)(=O)N(CCc3ccccc3)c3ccccc3N3CCC(NC(=O)c4sccc4Br)CC3)cc2c1C. The Morgan fingerprint density at radius 2 is 1.77 bits per heavy atom. The number of thiophene rings is 1. The molecule has 0 saturated carbocycles. The molecular weight excluding hydrogens is 714 g/mol. The molecular formula is C36H36BrN3O6S2. The zero-order chi connectivity index (χ0) is 33.8. The number of nitrogens with one attached hydrogen (secondary N) is 1. The first-order valence-corrected chi connectivity index (χ1v) is 18.9. The van der Waals surface area contributed by atoms with Crippen LogP contribution in [0.15, 0.2) is 98.0 Å². The molecule has 48 heavy (non-hydrogen) atoms. The predicted molar refractivity (Wildman–Crippen MR) is 193 cm³/mol. The molecule has 1 amide bonds. The van der Waals surface area contributed by atoms with Gasteiger partial charge in [-0.3, -0.25) is 9.10 Å². The van der Waals surface area contributed by atoms with Crippen molar-refractivity contribution in [2.45, 2.75) is 44.0 Å². The van der Waals surface area contributed by atoms with Crippen molar-refractivity contribution in [2.75, 3.05) is 35.4 Å². The average molecular weight is 751 g/mol. The Morgan fingerprint density at radius 3 is 2.48 bits per heavy atom. The fourth-order valence-corrected chi connectivity index (χ4v) is 9.00. The van der Waals surface area contributed by atoms with Crippen LogP contribution in [0.4, 0.5) is 11.4 Å². The summed E-state index contributed by atoms with van der Waals surface area (Å²) in [5.41, 5.74) is 3.34. The van der Waals surface area contributed by atoms with Gasteiger partial charge in [-0.05, 0) is 96.4 Å². The summed E-state index contributed by atoms with van der Waals surface area (Å²) in [6, 6.07) is 23.9. The van der Waals surface area contributed by atoms with Crippen LogP contribution in [-0.4, -0.2) is 52.6 Å². The molecule has 0 atom stereocenters. The van der Waals surface area contributed by atoms with E-state index in [2.05, 4.69) is 26.1 Å². The average Bonchev–Trinajstić information content (AvgIpc) is 3.68. The number of hydrogen-bond donors (Lipinski definition) is 1. The zero-order valence-corrected chi connectivity index (χ0v) is 29.9. The molecule has 0 spiro atoms. The van der Waals surface area contributed by atoms with Crippen molar-refractivity contribution in [2.24, 2.45) is 0 Å². The second-order valence-electron chi connectivity index (χ2n) is 11.6. The number of ether oxygens (including phenoxy) is 1. The summed E-state index contributed by atoms with van der Waals surface area (Å²) in [5, 5.41) is 5.58. The second kappa shape index (κ2) is 14.6. The lowest BCUT2D eigenvalue weighted by molar-refractivity contribution is 0.0491. The summed E-state index contributed by atoms with van der Waals surface area (Å²) in [6.07, 6.45) is 1.94. The van der Waals surface area contributed by atoms with Crippen LogP contribution in [0.2, 0.25) is 0 Å². The van der Waals surface area contributed by atoms with Gasteiger partial charge in [-0.1, -0.05) is 42.5 Å². The monoisotopic (exact) mass is 749 g/mol. The smallest absolute Gasteiger partial charge is 0.374 e. The Bertz CT molecular complexity index is 2030. The quantitative estimate of drug-likeness (QED) is 0.139. The molecule has 3 aromatic carbocycles. The summed E-state index contributed by atoms with van der Waals surface area (Å²) in [7, 11) is -4.08. The lowest BCUT2D eigenvalue weighted by Crippen LogP contribution is -2.45. The number of hydrogen-bond acceptors (Lipinski definition) is 8. The largest absolute Gasteiger partial charge is 0.460 e. The molecule has 0 aliphatic carbocycles. The van der Waals surface area contributed by atoms with Crippen LogP contribution >= 0.6 is 27.3 Å². The molecule has 5 aromatic rings. The van der Waals surface area contributed by atoms with Crippen LogP contribution in [0.25, 0.3) is 11.0 Å². The van der Waals surface area contributed by atoms with E-state index < -0.39 is 16.0 Å². The van der Waals surface area contributed by atoms with Crippen molar-refractivity contribution in [3.05, 3.63) is 110 Å². The van der Waals surface area contributed by atoms with E-state index in [1.54, 1.807) is 26.0 Å². The topological polar surface area (TPSA) is 109 Å². The molecule has 0 bridgehead atoms. The number of sulfonamides is 1. The van der Waals surface area contributed by atoms with E-state index in [1.807, 2.05) is 66.0 Å². The Kier molecular flexibility index (Phi) is 10.2. The standard InChI is InChI=1S/C36H36BrN3O6S2/c1-3-45-36(42)33-24(2)28-23-27(13-14-32(28)46-33)48(43,44)40(21-15-25-9-5-4-6-10-25)31-12-8-7-11-30(31)39-19-16-26(17-20-39)38-35(41)34-29(37)18-22-47-34/h4-14,18,22-23,26H,3,15-17,19-21H2,1-2H3,(H,38,41). The Balaban J connectivity index is 1.30. The van der Waals surface area contributed by atoms with Gasteiger partial charge in [0.25, 0.3) is 15.9 Å². The number of piperidine rings is 1. The molecule has 1 aliphatic rings. The molecule has 3 heterocycles. The van der Waals surface area contributed by atoms with Gasteiger partial charge >= 0.3 is 5.97 Å². The van der Waals surface area contributed by atoms with Gasteiger partial charge in [-0.15, -0.1) is 11.3 Å². The van der Waals surface area contributed by atoms with Gasteiger partial charge in [0.2, 0.25) is 5.76 Å². The number of para-hydroxylation sites is 2. The first kappa shape index (κ1) is 33.8. The number of carbonyl (C=O) groups is 2. The maximum atomic E-state index is 14.6. The molecule has 0 unspecified atom stereocenters. The number of fused-ring (bicyclic) bond motifs is 1. The van der Waals surface area contributed by atoms with Crippen LogP contribution in [0.5, 0.6) is 0 Å². The lowest BCUT2D eigenvalue weighted by atomic mass is 10.0. The van der Waals surface area contributed by atoms with E-state index in [9.17, 15) is 18.0 Å². The van der Waals surface area contributed by atoms with Crippen LogP contribution in [0.1, 0.15) is 51.1 Å². The highest BCUT2D eigenvalue weighted by atomic mass is 79.9. The number of carbonyl (C=O) groups excluding carboxylic acids is 2. The van der Waals surface area contributed by atoms with Gasteiger partial charge in [0.15, 0.2) is 0 Å². The second-order valence-corrected chi connectivity index (χ2v) is 15.2.